The van der Waals surface area contributed by atoms with E-state index in [9.17, 15) is 0 Å². The third-order valence-corrected chi connectivity index (χ3v) is 12.6. The molecule has 4 aliphatic rings. The molecular formula is C10H18Sn. The van der Waals surface area contributed by atoms with Crippen molar-refractivity contribution in [3.63, 3.8) is 0 Å². The first-order valence-corrected chi connectivity index (χ1v) is 15.3. The van der Waals surface area contributed by atoms with Crippen LogP contribution in [0, 0.1) is 23.7 Å². The molecule has 11 heavy (non-hydrogen) atoms. The van der Waals surface area contributed by atoms with Crippen molar-refractivity contribution in [2.24, 2.45) is 23.7 Å². The molecule has 4 bridgehead atoms. The quantitative estimate of drug-likeness (QED) is 0.633. The molecule has 0 nitrogen and oxygen atoms in total. The van der Waals surface area contributed by atoms with Gasteiger partial charge in [-0.25, -0.2) is 0 Å². The summed E-state index contributed by atoms with van der Waals surface area (Å²) in [5.74, 6) is 5.00. The molecule has 1 heteroatoms. The summed E-state index contributed by atoms with van der Waals surface area (Å²) in [6, 6.07) is 0. The van der Waals surface area contributed by atoms with E-state index < -0.39 is 18.4 Å². The van der Waals surface area contributed by atoms with Crippen LogP contribution in [-0.4, -0.2) is 18.4 Å². The molecule has 0 aromatic heterocycles. The fourth-order valence-electron chi connectivity index (χ4n) is 4.36. The first-order chi connectivity index (χ1) is 5.09. The predicted octanol–water partition coefficient (Wildman–Crippen LogP) is 2.98. The van der Waals surface area contributed by atoms with Crippen molar-refractivity contribution in [1.29, 1.82) is 0 Å². The minimum absolute atomic E-state index is 1.23. The van der Waals surface area contributed by atoms with Crippen molar-refractivity contribution < 1.29 is 0 Å². The fourth-order valence-corrected chi connectivity index (χ4v) is 13.9. The van der Waals surface area contributed by atoms with Crippen molar-refractivity contribution in [2.45, 2.75) is 31.6 Å². The summed E-state index contributed by atoms with van der Waals surface area (Å²) in [5, 5.41) is 0. The van der Waals surface area contributed by atoms with Gasteiger partial charge < -0.3 is 0 Å². The van der Waals surface area contributed by atoms with E-state index in [0.717, 1.165) is 0 Å². The molecule has 4 fully saturated rings. The molecule has 4 aliphatic carbocycles. The summed E-state index contributed by atoms with van der Waals surface area (Å²) >= 11 is -1.47. The Bertz CT molecular complexity index is 189. The maximum absolute atomic E-state index is 2.65. The molecule has 4 rings (SSSR count). The van der Waals surface area contributed by atoms with Crippen LogP contribution in [-0.2, 0) is 0 Å². The average Bonchev–Trinajstić information content (AvgIpc) is 2.35. The Kier molecular flexibility index (Phi) is 1.20. The SMILES string of the molecule is [CH3][Sn]([CH3])([CH3])[CH]1C2CC3C(C2)C31. The number of hydrogen-bond acceptors (Lipinski definition) is 0. The average molecular weight is 257 g/mol. The van der Waals surface area contributed by atoms with Gasteiger partial charge in [-0.15, -0.1) is 0 Å². The van der Waals surface area contributed by atoms with Crippen molar-refractivity contribution >= 4 is 18.4 Å². The van der Waals surface area contributed by atoms with Gasteiger partial charge in [-0.3, -0.25) is 0 Å². The van der Waals surface area contributed by atoms with Crippen LogP contribution in [0.25, 0.3) is 0 Å². The van der Waals surface area contributed by atoms with Crippen LogP contribution in [0.1, 0.15) is 12.8 Å². The number of hydrogen-bond donors (Lipinski definition) is 0. The van der Waals surface area contributed by atoms with Gasteiger partial charge in [0.05, 0.1) is 0 Å². The molecule has 0 aromatic carbocycles. The third-order valence-electron chi connectivity index (χ3n) is 4.47. The Morgan fingerprint density at radius 1 is 1.00 bits per heavy atom. The molecule has 0 heterocycles. The normalized spacial score (nSPS) is 58.6. The molecule has 3 unspecified atom stereocenters. The Labute approximate surface area is 73.6 Å². The van der Waals surface area contributed by atoms with Crippen LogP contribution in [0.15, 0.2) is 0 Å². The molecule has 0 amide bonds. The molecule has 0 radical (unpaired) electrons. The Morgan fingerprint density at radius 3 is 1.73 bits per heavy atom. The van der Waals surface area contributed by atoms with E-state index in [0.29, 0.717) is 0 Å². The van der Waals surface area contributed by atoms with Gasteiger partial charge in [0.1, 0.15) is 0 Å². The van der Waals surface area contributed by atoms with Gasteiger partial charge in [0.25, 0.3) is 0 Å². The summed E-state index contributed by atoms with van der Waals surface area (Å²) in [6.45, 7) is 0. The van der Waals surface area contributed by atoms with E-state index in [1.54, 1.807) is 12.8 Å². The van der Waals surface area contributed by atoms with Gasteiger partial charge >= 0.3 is 73.6 Å². The van der Waals surface area contributed by atoms with E-state index in [1.165, 1.54) is 27.6 Å². The zero-order chi connectivity index (χ0) is 7.80. The second kappa shape index (κ2) is 1.83. The molecule has 0 N–H and O–H groups in total. The monoisotopic (exact) mass is 258 g/mol. The molecule has 0 saturated heterocycles. The third kappa shape index (κ3) is 0.777. The molecule has 4 saturated carbocycles. The summed E-state index contributed by atoms with van der Waals surface area (Å²) < 4.78 is 1.30. The van der Waals surface area contributed by atoms with Crippen molar-refractivity contribution in [2.75, 3.05) is 0 Å². The van der Waals surface area contributed by atoms with Crippen LogP contribution in [0.4, 0.5) is 0 Å². The van der Waals surface area contributed by atoms with Crippen molar-refractivity contribution in [3.8, 4) is 0 Å². The molecule has 3 atom stereocenters. The Morgan fingerprint density at radius 2 is 1.55 bits per heavy atom. The van der Waals surface area contributed by atoms with Crippen LogP contribution in [0.5, 0.6) is 0 Å². The van der Waals surface area contributed by atoms with Gasteiger partial charge in [0, 0.05) is 0 Å². The Hall–Kier alpha value is 0.799. The summed E-state index contributed by atoms with van der Waals surface area (Å²) in [6.07, 6.45) is 3.29. The summed E-state index contributed by atoms with van der Waals surface area (Å²) in [4.78, 5) is 7.94. The van der Waals surface area contributed by atoms with Crippen molar-refractivity contribution in [3.05, 3.63) is 0 Å². The standard InChI is InChI=1S/C7H9.3CH3.Sn/c1-4-2-6-5(1)7(6)3-4;;;;/h1,4-7H,2-3H2;3*1H3;. The van der Waals surface area contributed by atoms with Crippen LogP contribution in [0.2, 0.25) is 18.8 Å². The van der Waals surface area contributed by atoms with E-state index >= 15 is 0 Å². The maximum atomic E-state index is 2.65. The van der Waals surface area contributed by atoms with E-state index in [4.69, 9.17) is 0 Å². The van der Waals surface area contributed by atoms with Gasteiger partial charge in [-0.1, -0.05) is 0 Å². The van der Waals surface area contributed by atoms with E-state index in [-0.39, 0.29) is 0 Å². The zero-order valence-corrected chi connectivity index (χ0v) is 10.7. The first kappa shape index (κ1) is 7.23. The van der Waals surface area contributed by atoms with Gasteiger partial charge in [-0.2, -0.15) is 0 Å². The van der Waals surface area contributed by atoms with Crippen LogP contribution in [0.3, 0.4) is 0 Å². The fraction of sp³-hybridized carbons (Fsp3) is 1.00. The van der Waals surface area contributed by atoms with Gasteiger partial charge in [0.15, 0.2) is 0 Å². The van der Waals surface area contributed by atoms with Gasteiger partial charge in [0.2, 0.25) is 0 Å². The predicted molar refractivity (Wildman–Crippen MR) is 50.3 cm³/mol. The topological polar surface area (TPSA) is 0 Å². The molecule has 0 spiro atoms. The van der Waals surface area contributed by atoms with Crippen LogP contribution >= 0.6 is 0 Å². The van der Waals surface area contributed by atoms with Crippen molar-refractivity contribution in [1.82, 2.24) is 0 Å². The molecule has 0 aliphatic heterocycles. The zero-order valence-electron chi connectivity index (χ0n) is 7.80. The van der Waals surface area contributed by atoms with E-state index in [2.05, 4.69) is 14.8 Å². The molecule has 0 aromatic rings. The summed E-state index contributed by atoms with van der Waals surface area (Å²) in [5.41, 5.74) is 0. The second-order valence-electron chi connectivity index (χ2n) is 6.03. The van der Waals surface area contributed by atoms with E-state index in [1.807, 2.05) is 0 Å². The first-order valence-electron chi connectivity index (χ1n) is 5.09. The summed E-state index contributed by atoms with van der Waals surface area (Å²) in [7, 11) is 0. The Balaban J connectivity index is 1.92. The van der Waals surface area contributed by atoms with Gasteiger partial charge in [-0.05, 0) is 0 Å². The molecular weight excluding hydrogens is 239 g/mol. The number of rotatable bonds is 1. The van der Waals surface area contributed by atoms with Crippen LogP contribution < -0.4 is 0 Å². The molecule has 62 valence electrons. The second-order valence-corrected chi connectivity index (χ2v) is 21.4. The minimum atomic E-state index is -1.47.